The summed E-state index contributed by atoms with van der Waals surface area (Å²) in [7, 11) is 1.55. The van der Waals surface area contributed by atoms with Crippen LogP contribution in [0.5, 0.6) is 11.5 Å². The number of alkyl halides is 3. The normalized spacial score (nSPS) is 12.6. The first kappa shape index (κ1) is 19.7. The predicted molar refractivity (Wildman–Crippen MR) is 97.0 cm³/mol. The third kappa shape index (κ3) is 4.09. The van der Waals surface area contributed by atoms with Crippen LogP contribution in [0, 0.1) is 0 Å². The van der Waals surface area contributed by atoms with Crippen LogP contribution in [0.4, 0.5) is 13.2 Å². The average molecular weight is 392 g/mol. The summed E-state index contributed by atoms with van der Waals surface area (Å²) in [6.45, 7) is 2.33. The van der Waals surface area contributed by atoms with Gasteiger partial charge in [0, 0.05) is 5.56 Å². The van der Waals surface area contributed by atoms with Crippen LogP contribution in [0.3, 0.4) is 0 Å². The molecule has 0 aliphatic heterocycles. The molecule has 1 aromatic heterocycles. The van der Waals surface area contributed by atoms with Crippen LogP contribution in [0.2, 0.25) is 0 Å². The minimum absolute atomic E-state index is 0.262. The minimum Gasteiger partial charge on any atom is -0.493 e. The molecule has 0 saturated heterocycles. The molecule has 0 spiro atoms. The smallest absolute Gasteiger partial charge is 0.416 e. The van der Waals surface area contributed by atoms with Gasteiger partial charge in [0.1, 0.15) is 5.82 Å². The van der Waals surface area contributed by atoms with Crippen molar-refractivity contribution in [2.45, 2.75) is 19.1 Å². The number of aromatic nitrogens is 3. The van der Waals surface area contributed by atoms with Gasteiger partial charge in [0.15, 0.2) is 17.3 Å². The van der Waals surface area contributed by atoms with E-state index in [1.165, 1.54) is 12.1 Å². The second-order valence-corrected chi connectivity index (χ2v) is 5.94. The summed E-state index contributed by atoms with van der Waals surface area (Å²) in [6, 6.07) is 9.28. The largest absolute Gasteiger partial charge is 0.493 e. The molecule has 0 bridgehead atoms. The lowest BCUT2D eigenvalue weighted by Crippen LogP contribution is -2.14. The maximum absolute atomic E-state index is 12.7. The maximum atomic E-state index is 12.7. The van der Waals surface area contributed by atoms with Gasteiger partial charge in [-0.2, -0.15) is 18.3 Å². The highest BCUT2D eigenvalue weighted by atomic mass is 19.4. The monoisotopic (exact) mass is 392 g/mol. The molecule has 0 saturated carbocycles. The summed E-state index contributed by atoms with van der Waals surface area (Å²) >= 11 is 0. The fraction of sp³-hybridized carbons (Fsp3) is 0.263. The van der Waals surface area contributed by atoms with Crippen LogP contribution in [0.1, 0.15) is 29.9 Å². The highest BCUT2D eigenvalue weighted by Crippen LogP contribution is 2.32. The molecule has 0 amide bonds. The lowest BCUT2D eigenvalue weighted by Gasteiger charge is -2.14. The second-order valence-electron chi connectivity index (χ2n) is 5.94. The molecule has 148 valence electrons. The number of aromatic amines is 1. The van der Waals surface area contributed by atoms with Crippen molar-refractivity contribution < 1.29 is 22.6 Å². The molecule has 3 rings (SSSR count). The van der Waals surface area contributed by atoms with Crippen molar-refractivity contribution in [1.82, 2.24) is 15.2 Å². The number of nitrogens with one attached hydrogen (secondary N) is 1. The number of H-pyrrole nitrogens is 1. The quantitative estimate of drug-likeness (QED) is 0.664. The van der Waals surface area contributed by atoms with Gasteiger partial charge in [-0.05, 0) is 36.8 Å². The van der Waals surface area contributed by atoms with Crippen LogP contribution < -0.4 is 15.2 Å². The van der Waals surface area contributed by atoms with Crippen molar-refractivity contribution in [3.63, 3.8) is 0 Å². The maximum Gasteiger partial charge on any atom is 0.416 e. The van der Waals surface area contributed by atoms with Gasteiger partial charge in [-0.15, -0.1) is 0 Å². The Balaban J connectivity index is 1.84. The lowest BCUT2D eigenvalue weighted by atomic mass is 10.1. The van der Waals surface area contributed by atoms with E-state index < -0.39 is 17.8 Å². The zero-order chi connectivity index (χ0) is 20.3. The average Bonchev–Trinajstić information content (AvgIpc) is 3.17. The molecular formula is C19H19F3N4O2. The lowest BCUT2D eigenvalue weighted by molar-refractivity contribution is -0.137. The first-order valence-corrected chi connectivity index (χ1v) is 8.49. The van der Waals surface area contributed by atoms with Gasteiger partial charge in [0.2, 0.25) is 0 Å². The number of nitrogens with zero attached hydrogens (tertiary/aromatic N) is 2. The van der Waals surface area contributed by atoms with E-state index in [0.29, 0.717) is 29.5 Å². The van der Waals surface area contributed by atoms with Crippen LogP contribution in [0.25, 0.3) is 11.4 Å². The van der Waals surface area contributed by atoms with E-state index in [1.54, 1.807) is 25.3 Å². The molecule has 0 aliphatic rings. The Kier molecular flexibility index (Phi) is 5.55. The number of hydrogen-bond donors (Lipinski definition) is 2. The SMILES string of the molecule is CCOc1cc([C@@H](N)c2nc(-c3ccc(C(F)(F)F)cc3)n[nH]2)ccc1OC. The van der Waals surface area contributed by atoms with Gasteiger partial charge < -0.3 is 15.2 Å². The number of hydrogen-bond acceptors (Lipinski definition) is 5. The molecule has 6 nitrogen and oxygen atoms in total. The van der Waals surface area contributed by atoms with E-state index in [2.05, 4.69) is 15.2 Å². The molecule has 0 unspecified atom stereocenters. The second kappa shape index (κ2) is 7.89. The third-order valence-corrected chi connectivity index (χ3v) is 4.11. The van der Waals surface area contributed by atoms with E-state index in [9.17, 15) is 13.2 Å². The Bertz CT molecular complexity index is 939. The Labute approximate surface area is 159 Å². The Morgan fingerprint density at radius 2 is 1.82 bits per heavy atom. The van der Waals surface area contributed by atoms with Gasteiger partial charge in [-0.25, -0.2) is 4.98 Å². The molecule has 1 atom stereocenters. The molecule has 0 fully saturated rings. The topological polar surface area (TPSA) is 86.0 Å². The van der Waals surface area contributed by atoms with E-state index >= 15 is 0 Å². The van der Waals surface area contributed by atoms with Crippen molar-refractivity contribution in [3.8, 4) is 22.9 Å². The third-order valence-electron chi connectivity index (χ3n) is 4.11. The van der Waals surface area contributed by atoms with E-state index in [1.807, 2.05) is 6.92 Å². The molecule has 3 aromatic rings. The Morgan fingerprint density at radius 3 is 2.43 bits per heavy atom. The standard InChI is InChI=1S/C19H19F3N4O2/c1-3-28-15-10-12(6-9-14(15)27-2)16(23)18-24-17(25-26-18)11-4-7-13(8-5-11)19(20,21)22/h4-10,16H,3,23H2,1-2H3,(H,24,25,26)/t16-/m1/s1. The van der Waals surface area contributed by atoms with E-state index in [0.717, 1.165) is 17.7 Å². The molecule has 0 aliphatic carbocycles. The number of halogens is 3. The van der Waals surface area contributed by atoms with Crippen molar-refractivity contribution in [2.75, 3.05) is 13.7 Å². The van der Waals surface area contributed by atoms with Crippen molar-refractivity contribution in [3.05, 3.63) is 59.4 Å². The van der Waals surface area contributed by atoms with Crippen LogP contribution in [-0.4, -0.2) is 28.9 Å². The molecule has 1 heterocycles. The number of rotatable bonds is 6. The number of ether oxygens (including phenoxy) is 2. The first-order valence-electron chi connectivity index (χ1n) is 8.49. The molecule has 0 radical (unpaired) electrons. The van der Waals surface area contributed by atoms with Crippen molar-refractivity contribution in [1.29, 1.82) is 0 Å². The fourth-order valence-corrected chi connectivity index (χ4v) is 2.66. The molecule has 3 N–H and O–H groups in total. The fourth-order valence-electron chi connectivity index (χ4n) is 2.66. The minimum atomic E-state index is -4.39. The zero-order valence-electron chi connectivity index (χ0n) is 15.2. The van der Waals surface area contributed by atoms with Gasteiger partial charge in [0.05, 0.1) is 25.3 Å². The van der Waals surface area contributed by atoms with Gasteiger partial charge in [-0.1, -0.05) is 18.2 Å². The summed E-state index contributed by atoms with van der Waals surface area (Å²) in [5.41, 5.74) is 6.71. The number of methoxy groups -OCH3 is 1. The number of nitrogens with two attached hydrogens (primary N) is 1. The molecule has 2 aromatic carbocycles. The Morgan fingerprint density at radius 1 is 1.11 bits per heavy atom. The van der Waals surface area contributed by atoms with Crippen LogP contribution in [0.15, 0.2) is 42.5 Å². The van der Waals surface area contributed by atoms with Gasteiger partial charge in [0.25, 0.3) is 0 Å². The number of benzene rings is 2. The van der Waals surface area contributed by atoms with Crippen LogP contribution >= 0.6 is 0 Å². The summed E-state index contributed by atoms with van der Waals surface area (Å²) in [4.78, 5) is 4.32. The van der Waals surface area contributed by atoms with E-state index in [4.69, 9.17) is 15.2 Å². The summed E-state index contributed by atoms with van der Waals surface area (Å²) in [6.07, 6.45) is -4.39. The van der Waals surface area contributed by atoms with E-state index in [-0.39, 0.29) is 5.82 Å². The Hall–Kier alpha value is -3.07. The molecule has 9 heteroatoms. The van der Waals surface area contributed by atoms with Crippen molar-refractivity contribution in [2.24, 2.45) is 5.73 Å². The predicted octanol–water partition coefficient (Wildman–Crippen LogP) is 3.95. The molecule has 28 heavy (non-hydrogen) atoms. The highest BCUT2D eigenvalue weighted by Gasteiger charge is 2.30. The summed E-state index contributed by atoms with van der Waals surface area (Å²) in [5.74, 6) is 1.78. The van der Waals surface area contributed by atoms with Gasteiger partial charge >= 0.3 is 6.18 Å². The van der Waals surface area contributed by atoms with Crippen LogP contribution in [-0.2, 0) is 6.18 Å². The van der Waals surface area contributed by atoms with Crippen molar-refractivity contribution >= 4 is 0 Å². The zero-order valence-corrected chi connectivity index (χ0v) is 15.2. The van der Waals surface area contributed by atoms with Gasteiger partial charge in [-0.3, -0.25) is 5.10 Å². The summed E-state index contributed by atoms with van der Waals surface area (Å²) in [5, 5.41) is 6.81. The highest BCUT2D eigenvalue weighted by molar-refractivity contribution is 5.55. The molecular weight excluding hydrogens is 373 g/mol. The summed E-state index contributed by atoms with van der Waals surface area (Å²) < 4.78 is 48.9. The first-order chi connectivity index (χ1) is 13.3.